The van der Waals surface area contributed by atoms with Crippen molar-refractivity contribution in [3.63, 3.8) is 0 Å². The van der Waals surface area contributed by atoms with Crippen molar-refractivity contribution in [3.05, 3.63) is 16.6 Å². The molecular weight excluding hydrogens is 238 g/mol. The molecule has 1 fully saturated rings. The summed E-state index contributed by atoms with van der Waals surface area (Å²) >= 11 is 1.45. The maximum Gasteiger partial charge on any atom is 0.308 e. The molecule has 0 saturated heterocycles. The van der Waals surface area contributed by atoms with Gasteiger partial charge >= 0.3 is 5.97 Å². The number of esters is 1. The lowest BCUT2D eigenvalue weighted by Gasteiger charge is -2.27. The van der Waals surface area contributed by atoms with Gasteiger partial charge in [0.05, 0.1) is 13.0 Å². The summed E-state index contributed by atoms with van der Waals surface area (Å²) in [5.74, 6) is -0.156. The zero-order chi connectivity index (χ0) is 12.5. The number of ether oxygens (including phenoxy) is 1. The molecule has 0 amide bonds. The van der Waals surface area contributed by atoms with Crippen LogP contribution in [0.3, 0.4) is 0 Å². The van der Waals surface area contributed by atoms with Crippen molar-refractivity contribution in [3.8, 4) is 0 Å². The van der Waals surface area contributed by atoms with Gasteiger partial charge in [-0.15, -0.1) is 11.3 Å². The van der Waals surface area contributed by atoms with E-state index in [0.29, 0.717) is 6.42 Å². The Hall–Kier alpha value is -0.940. The van der Waals surface area contributed by atoms with Crippen molar-refractivity contribution in [2.24, 2.45) is 11.8 Å². The highest BCUT2D eigenvalue weighted by Gasteiger charge is 2.42. The van der Waals surface area contributed by atoms with Gasteiger partial charge in [-0.3, -0.25) is 4.79 Å². The summed E-state index contributed by atoms with van der Waals surface area (Å²) in [6.07, 6.45) is 4.01. The fourth-order valence-electron chi connectivity index (χ4n) is 2.52. The number of hydrogen-bond acceptors (Lipinski definition) is 5. The van der Waals surface area contributed by atoms with Crippen molar-refractivity contribution in [2.75, 3.05) is 7.11 Å². The van der Waals surface area contributed by atoms with Gasteiger partial charge in [0.25, 0.3) is 0 Å². The van der Waals surface area contributed by atoms with Gasteiger partial charge in [-0.2, -0.15) is 0 Å². The maximum absolute atomic E-state index is 11.5. The minimum absolute atomic E-state index is 0.0727. The topological polar surface area (TPSA) is 59.4 Å². The Morgan fingerprint density at radius 2 is 2.41 bits per heavy atom. The van der Waals surface area contributed by atoms with Gasteiger partial charge in [0.1, 0.15) is 10.6 Å². The van der Waals surface area contributed by atoms with Crippen LogP contribution in [0.1, 0.15) is 31.2 Å². The van der Waals surface area contributed by atoms with Crippen LogP contribution < -0.4 is 0 Å². The Morgan fingerprint density at radius 1 is 1.65 bits per heavy atom. The summed E-state index contributed by atoms with van der Waals surface area (Å²) in [4.78, 5) is 15.6. The van der Waals surface area contributed by atoms with Crippen LogP contribution >= 0.6 is 11.3 Å². The average molecular weight is 255 g/mol. The van der Waals surface area contributed by atoms with Crippen LogP contribution in [0.4, 0.5) is 0 Å². The van der Waals surface area contributed by atoms with Gasteiger partial charge in [-0.05, 0) is 32.1 Å². The van der Waals surface area contributed by atoms with E-state index in [9.17, 15) is 9.90 Å². The van der Waals surface area contributed by atoms with Gasteiger partial charge in [0.15, 0.2) is 0 Å². The minimum Gasteiger partial charge on any atom is -0.469 e. The number of thiazole rings is 1. The predicted molar refractivity (Wildman–Crippen MR) is 64.5 cm³/mol. The summed E-state index contributed by atoms with van der Waals surface area (Å²) in [6.45, 7) is 1.79. The smallest absolute Gasteiger partial charge is 0.308 e. The average Bonchev–Trinajstić information content (AvgIpc) is 2.98. The first-order chi connectivity index (χ1) is 8.05. The van der Waals surface area contributed by atoms with Crippen molar-refractivity contribution in [2.45, 2.75) is 31.8 Å². The summed E-state index contributed by atoms with van der Waals surface area (Å²) in [6, 6.07) is 0. The number of aromatic nitrogens is 1. The van der Waals surface area contributed by atoms with Gasteiger partial charge < -0.3 is 9.84 Å². The molecule has 5 heteroatoms. The summed E-state index contributed by atoms with van der Waals surface area (Å²) < 4.78 is 4.75. The molecule has 4 nitrogen and oxygen atoms in total. The fraction of sp³-hybridized carbons (Fsp3) is 0.667. The molecule has 3 atom stereocenters. The molecule has 1 aliphatic carbocycles. The highest BCUT2D eigenvalue weighted by molar-refractivity contribution is 7.09. The number of methoxy groups -OCH3 is 1. The molecule has 0 bridgehead atoms. The second kappa shape index (κ2) is 4.74. The number of aliphatic hydroxyl groups is 1. The van der Waals surface area contributed by atoms with E-state index in [0.717, 1.165) is 17.8 Å². The predicted octanol–water partition coefficient (Wildman–Crippen LogP) is 1.94. The van der Waals surface area contributed by atoms with E-state index < -0.39 is 5.60 Å². The van der Waals surface area contributed by atoms with E-state index in [1.54, 1.807) is 13.1 Å². The third-order valence-electron chi connectivity index (χ3n) is 3.63. The van der Waals surface area contributed by atoms with E-state index >= 15 is 0 Å². The largest absolute Gasteiger partial charge is 0.469 e. The molecule has 1 saturated carbocycles. The van der Waals surface area contributed by atoms with Gasteiger partial charge in [0.2, 0.25) is 0 Å². The quantitative estimate of drug-likeness (QED) is 0.839. The second-order valence-electron chi connectivity index (χ2n) is 4.71. The molecule has 0 unspecified atom stereocenters. The number of hydrogen-bond donors (Lipinski definition) is 1. The number of nitrogens with zero attached hydrogens (tertiary/aromatic N) is 1. The van der Waals surface area contributed by atoms with Crippen LogP contribution in [-0.2, 0) is 15.1 Å². The number of rotatable bonds is 3. The summed E-state index contributed by atoms with van der Waals surface area (Å²) in [7, 11) is 1.41. The molecule has 1 heterocycles. The van der Waals surface area contributed by atoms with Crippen LogP contribution in [0.2, 0.25) is 0 Å². The highest BCUT2D eigenvalue weighted by Crippen LogP contribution is 2.43. The summed E-state index contributed by atoms with van der Waals surface area (Å²) in [5, 5.41) is 13.1. The molecule has 1 aliphatic rings. The SMILES string of the molecule is COC(=O)[C@@H]1CC[C@H]([C@](C)(O)c2nccs2)C1. The molecule has 1 N–H and O–H groups in total. The molecular formula is C12H17NO3S. The molecule has 1 aromatic rings. The molecule has 0 aliphatic heterocycles. The first kappa shape index (κ1) is 12.5. The Kier molecular flexibility index (Phi) is 3.49. The lowest BCUT2D eigenvalue weighted by molar-refractivity contribution is -0.145. The van der Waals surface area contributed by atoms with E-state index in [2.05, 4.69) is 4.98 Å². The normalized spacial score (nSPS) is 27.7. The van der Waals surface area contributed by atoms with E-state index in [1.165, 1.54) is 18.4 Å². The first-order valence-corrected chi connectivity index (χ1v) is 6.64. The van der Waals surface area contributed by atoms with Crippen molar-refractivity contribution in [1.29, 1.82) is 0 Å². The molecule has 94 valence electrons. The summed E-state index contributed by atoms with van der Waals surface area (Å²) in [5.41, 5.74) is -0.934. The maximum atomic E-state index is 11.5. The Balaban J connectivity index is 2.08. The standard InChI is InChI=1S/C12H17NO3S/c1-12(15,11-13-5-6-17-11)9-4-3-8(7-9)10(14)16-2/h5-6,8-9,15H,3-4,7H2,1-2H3/t8-,9+,12+/m1/s1. The van der Waals surface area contributed by atoms with E-state index in [4.69, 9.17) is 4.74 Å². The molecule has 0 radical (unpaired) electrons. The van der Waals surface area contributed by atoms with Gasteiger partial charge in [0, 0.05) is 11.6 Å². The molecule has 0 aromatic carbocycles. The van der Waals surface area contributed by atoms with E-state index in [-0.39, 0.29) is 17.8 Å². The zero-order valence-electron chi connectivity index (χ0n) is 10.0. The van der Waals surface area contributed by atoms with Crippen molar-refractivity contribution >= 4 is 17.3 Å². The highest BCUT2D eigenvalue weighted by atomic mass is 32.1. The monoisotopic (exact) mass is 255 g/mol. The number of carbonyl (C=O) groups excluding carboxylic acids is 1. The third kappa shape index (κ3) is 2.35. The Labute approximate surface area is 105 Å². The fourth-order valence-corrected chi connectivity index (χ4v) is 3.30. The molecule has 0 spiro atoms. The third-order valence-corrected chi connectivity index (χ3v) is 4.63. The van der Waals surface area contributed by atoms with Crippen LogP contribution in [0.15, 0.2) is 11.6 Å². The lowest BCUT2D eigenvalue weighted by atomic mass is 9.87. The molecule has 2 rings (SSSR count). The van der Waals surface area contributed by atoms with Crippen LogP contribution in [0.5, 0.6) is 0 Å². The van der Waals surface area contributed by atoms with Gasteiger partial charge in [-0.1, -0.05) is 0 Å². The lowest BCUT2D eigenvalue weighted by Crippen LogP contribution is -2.30. The van der Waals surface area contributed by atoms with Crippen LogP contribution in [0, 0.1) is 11.8 Å². The molecule has 1 aromatic heterocycles. The van der Waals surface area contributed by atoms with Crippen molar-refractivity contribution in [1.82, 2.24) is 4.98 Å². The van der Waals surface area contributed by atoms with Crippen LogP contribution in [-0.4, -0.2) is 23.2 Å². The Bertz CT molecular complexity index is 388. The number of carbonyl (C=O) groups is 1. The van der Waals surface area contributed by atoms with Gasteiger partial charge in [-0.25, -0.2) is 4.98 Å². The molecule has 17 heavy (non-hydrogen) atoms. The first-order valence-electron chi connectivity index (χ1n) is 5.76. The second-order valence-corrected chi connectivity index (χ2v) is 5.61. The zero-order valence-corrected chi connectivity index (χ0v) is 10.9. The van der Waals surface area contributed by atoms with Crippen LogP contribution in [0.25, 0.3) is 0 Å². The minimum atomic E-state index is -0.934. The van der Waals surface area contributed by atoms with E-state index in [1.807, 2.05) is 5.38 Å². The Morgan fingerprint density at radius 3 is 3.00 bits per heavy atom. The van der Waals surface area contributed by atoms with Crippen molar-refractivity contribution < 1.29 is 14.6 Å².